The summed E-state index contributed by atoms with van der Waals surface area (Å²) >= 11 is 2.22. The molecule has 0 amide bonds. The summed E-state index contributed by atoms with van der Waals surface area (Å²) in [6.45, 7) is -4.88. The molecule has 8 rings (SSSR count). The third kappa shape index (κ3) is 10.3. The van der Waals surface area contributed by atoms with Crippen LogP contribution >= 0.6 is 39.1 Å². The Kier molecular flexibility index (Phi) is 16.9. The summed E-state index contributed by atoms with van der Waals surface area (Å²) in [7, 11) is 2.94. The van der Waals surface area contributed by atoms with Gasteiger partial charge in [-0.1, -0.05) is 243 Å². The van der Waals surface area contributed by atoms with E-state index in [9.17, 15) is 0 Å². The second-order valence-corrected chi connectivity index (χ2v) is 25.7. The number of benzene rings is 8. The molecule has 0 atom stereocenters. The molecule has 0 nitrogen and oxygen atoms in total. The van der Waals surface area contributed by atoms with Crippen molar-refractivity contribution in [2.24, 2.45) is 0 Å². The predicted octanol–water partition coefficient (Wildman–Crippen LogP) is 7.83. The van der Waals surface area contributed by atoms with Crippen molar-refractivity contribution in [3.8, 4) is 0 Å². The van der Waals surface area contributed by atoms with Crippen LogP contribution in [-0.4, -0.2) is 17.0 Å². The average Bonchev–Trinajstić information content (AvgIpc) is 3.32. The fourth-order valence-corrected chi connectivity index (χ4v) is 27.9. The molecule has 0 aliphatic rings. The SMILES string of the molecule is C(=P(CP(c1ccccc1)c1ccccc1)(c1ccccc1)c1ccccc1)=P(CP(c1ccccc1)c1ccccc1)(c1ccccc1)c1ccccc1.[Cl-].[Cl][Pd+]. The van der Waals surface area contributed by atoms with Gasteiger partial charge in [-0.3, -0.25) is 0 Å². The molecule has 0 fully saturated rings. The summed E-state index contributed by atoms with van der Waals surface area (Å²) in [5.74, 6) is 1.97. The summed E-state index contributed by atoms with van der Waals surface area (Å²) < 4.78 is 0. The molecule has 0 heterocycles. The molecule has 0 aliphatic heterocycles. The Balaban J connectivity index is 0.00000186. The van der Waals surface area contributed by atoms with E-state index >= 15 is 0 Å². The van der Waals surface area contributed by atoms with Gasteiger partial charge in [0.05, 0.1) is 0 Å². The molecule has 0 radical (unpaired) electrons. The summed E-state index contributed by atoms with van der Waals surface area (Å²) in [6, 6.07) is 90.9. The molecule has 0 aliphatic carbocycles. The maximum atomic E-state index is 4.94. The first kappa shape index (κ1) is 44.1. The van der Waals surface area contributed by atoms with Gasteiger partial charge in [0.2, 0.25) is 0 Å². The third-order valence-electron chi connectivity index (χ3n) is 10.1. The Hall–Kier alpha value is -3.50. The van der Waals surface area contributed by atoms with E-state index < -0.39 is 29.6 Å². The Morgan fingerprint density at radius 3 is 0.672 bits per heavy atom. The molecule has 292 valence electrons. The Morgan fingerprint density at radius 2 is 0.483 bits per heavy atom. The van der Waals surface area contributed by atoms with Crippen molar-refractivity contribution < 1.29 is 30.6 Å². The van der Waals surface area contributed by atoms with E-state index in [1.54, 1.807) is 0 Å². The molecule has 0 saturated heterocycles. The summed E-state index contributed by atoms with van der Waals surface area (Å²) in [5, 5.41) is 16.1. The normalized spacial score (nSPS) is 11.2. The van der Waals surface area contributed by atoms with Crippen molar-refractivity contribution in [3.05, 3.63) is 243 Å². The van der Waals surface area contributed by atoms with Crippen molar-refractivity contribution in [1.29, 1.82) is 0 Å². The Morgan fingerprint density at radius 1 is 0.310 bits per heavy atom. The van der Waals surface area contributed by atoms with Crippen LogP contribution in [0.1, 0.15) is 0 Å². The van der Waals surface area contributed by atoms with E-state index in [1.807, 2.05) is 0 Å². The van der Waals surface area contributed by atoms with E-state index in [1.165, 1.54) is 42.4 Å². The van der Waals surface area contributed by atoms with Gasteiger partial charge in [-0.2, -0.15) is 0 Å². The van der Waals surface area contributed by atoms with Crippen molar-refractivity contribution in [1.82, 2.24) is 0 Å². The zero-order chi connectivity index (χ0) is 39.2. The maximum absolute atomic E-state index is 4.94. The van der Waals surface area contributed by atoms with Gasteiger partial charge in [-0.25, -0.2) is 0 Å². The van der Waals surface area contributed by atoms with Crippen LogP contribution in [0.5, 0.6) is 0 Å². The monoisotopic (exact) mass is 956 g/mol. The molecule has 58 heavy (non-hydrogen) atoms. The molecule has 7 heteroatoms. The molecule has 0 aromatic heterocycles. The minimum absolute atomic E-state index is 0. The zero-order valence-electron chi connectivity index (χ0n) is 31.9. The van der Waals surface area contributed by atoms with Gasteiger partial charge in [0, 0.05) is 11.8 Å². The van der Waals surface area contributed by atoms with Crippen molar-refractivity contribution in [2.75, 3.05) is 11.8 Å². The van der Waals surface area contributed by atoms with Gasteiger partial charge in [0.1, 0.15) is 0 Å². The predicted molar refractivity (Wildman–Crippen MR) is 257 cm³/mol. The number of halogens is 2. The number of hydrogen-bond donors (Lipinski definition) is 0. The van der Waals surface area contributed by atoms with Crippen LogP contribution in [-0.2, 0) is 18.2 Å². The van der Waals surface area contributed by atoms with E-state index in [0.29, 0.717) is 0 Å². The van der Waals surface area contributed by atoms with Crippen LogP contribution in [0.25, 0.3) is 0 Å². The summed E-state index contributed by atoms with van der Waals surface area (Å²) in [5.41, 5.74) is 0. The van der Waals surface area contributed by atoms with Crippen molar-refractivity contribution in [3.63, 3.8) is 0 Å². The topological polar surface area (TPSA) is 0 Å². The van der Waals surface area contributed by atoms with Crippen molar-refractivity contribution in [2.45, 2.75) is 0 Å². The summed E-state index contributed by atoms with van der Waals surface area (Å²) in [6.07, 6.45) is 0. The van der Waals surface area contributed by atoms with E-state index in [-0.39, 0.29) is 12.4 Å². The van der Waals surface area contributed by atoms with Crippen LogP contribution in [0, 0.1) is 0 Å². The standard InChI is InChI=1S/C51H44P4.2ClH.Pd/c1-9-25-44(26-10-1)52(45-27-11-2-12-28-45)41-54(48-33-17-5-18-34-48,49-35-19-6-20-36-49)43-55(50-37-21-7-22-38-50,51-39-23-8-24-40-51)42-53(46-29-13-3-14-30-46)47-31-15-4-16-32-47;;;/h1-40H,41-42H2;2*1H;/q;;;+2/p-2. The average molecular weight is 958 g/mol. The molecule has 0 spiro atoms. The van der Waals surface area contributed by atoms with E-state index in [4.69, 9.17) is 5.17 Å². The summed E-state index contributed by atoms with van der Waals surface area (Å²) in [4.78, 5) is 0. The fourth-order valence-electron chi connectivity index (χ4n) is 7.42. The van der Waals surface area contributed by atoms with Gasteiger partial charge in [-0.05, 0) is 72.1 Å². The van der Waals surface area contributed by atoms with Gasteiger partial charge in [0.25, 0.3) is 0 Å². The Labute approximate surface area is 369 Å². The first-order valence-corrected chi connectivity index (χ1v) is 27.9. The van der Waals surface area contributed by atoms with Crippen LogP contribution in [0.15, 0.2) is 243 Å². The zero-order valence-corrected chi connectivity index (χ0v) is 38.5. The van der Waals surface area contributed by atoms with Crippen LogP contribution in [0.2, 0.25) is 0 Å². The quantitative estimate of drug-likeness (QED) is 0.0867. The molecule has 0 N–H and O–H groups in total. The van der Waals surface area contributed by atoms with Gasteiger partial charge < -0.3 is 12.4 Å². The first-order valence-electron chi connectivity index (χ1n) is 18.9. The molecule has 8 aromatic carbocycles. The second-order valence-electron chi connectivity index (χ2n) is 13.5. The van der Waals surface area contributed by atoms with E-state index in [2.05, 4.69) is 270 Å². The van der Waals surface area contributed by atoms with Gasteiger partial charge in [0.15, 0.2) is 0 Å². The minimum atomic E-state index is -2.44. The number of hydrogen-bond acceptors (Lipinski definition) is 0. The van der Waals surface area contributed by atoms with Crippen LogP contribution < -0.4 is 54.8 Å². The second kappa shape index (κ2) is 22.2. The Bertz CT molecular complexity index is 2180. The van der Waals surface area contributed by atoms with E-state index in [0.717, 1.165) is 11.8 Å². The van der Waals surface area contributed by atoms with Gasteiger partial charge in [-0.15, -0.1) is 5.17 Å². The van der Waals surface area contributed by atoms with Crippen LogP contribution in [0.4, 0.5) is 0 Å². The molecule has 0 unspecified atom stereocenters. The fraction of sp³-hybridized carbons (Fsp3) is 0.0392. The molecular formula is C51H44Cl2P4Pd. The van der Waals surface area contributed by atoms with Crippen molar-refractivity contribution >= 4 is 86.8 Å². The number of rotatable bonds is 12. The molecule has 0 saturated carbocycles. The first-order chi connectivity index (χ1) is 28.3. The third-order valence-corrected chi connectivity index (χ3v) is 26.9. The molecule has 0 bridgehead atoms. The molecular weight excluding hydrogens is 914 g/mol. The molecule has 8 aromatic rings. The van der Waals surface area contributed by atoms with Crippen LogP contribution in [0.3, 0.4) is 0 Å². The van der Waals surface area contributed by atoms with Gasteiger partial charge >= 0.3 is 27.7 Å².